The zero-order chi connectivity index (χ0) is 10.5. The van der Waals surface area contributed by atoms with Gasteiger partial charge in [0.25, 0.3) is 0 Å². The normalized spacial score (nSPS) is 25.7. The molecule has 0 radical (unpaired) electrons. The number of rotatable bonds is 1. The second kappa shape index (κ2) is 2.79. The lowest BCUT2D eigenvalue weighted by molar-refractivity contribution is -0.104. The summed E-state index contributed by atoms with van der Waals surface area (Å²) in [4.78, 5) is 0. The second-order valence-corrected chi connectivity index (χ2v) is 4.90. The topological polar surface area (TPSA) is 12.0 Å². The Morgan fingerprint density at radius 2 is 1.80 bits per heavy atom. The molecule has 0 atom stereocenters. The first-order chi connectivity index (χ1) is 7.14. The highest BCUT2D eigenvalue weighted by molar-refractivity contribution is 5.30. The maximum absolute atomic E-state index is 14.3. The molecule has 1 nitrogen and oxygen atoms in total. The van der Waals surface area contributed by atoms with E-state index in [9.17, 15) is 8.78 Å². The molecule has 3 rings (SSSR count). The van der Waals surface area contributed by atoms with Crippen LogP contribution in [-0.4, -0.2) is 13.1 Å². The number of benzene rings is 1. The first kappa shape index (κ1) is 9.28. The zero-order valence-corrected chi connectivity index (χ0v) is 8.39. The number of hydrogen-bond acceptors (Lipinski definition) is 1. The molecule has 15 heavy (non-hydrogen) atoms. The van der Waals surface area contributed by atoms with E-state index in [2.05, 4.69) is 5.32 Å². The monoisotopic (exact) mass is 209 g/mol. The molecular formula is C12H13F2N. The highest BCUT2D eigenvalue weighted by Crippen LogP contribution is 2.58. The average Bonchev–Trinajstić information content (AvgIpc) is 2.11. The molecule has 0 aromatic heterocycles. The quantitative estimate of drug-likeness (QED) is 0.748. The van der Waals surface area contributed by atoms with Crippen LogP contribution in [0.15, 0.2) is 24.3 Å². The molecule has 1 heterocycles. The maximum atomic E-state index is 14.3. The maximum Gasteiger partial charge on any atom is 0.140 e. The van der Waals surface area contributed by atoms with Gasteiger partial charge in [0.1, 0.15) is 11.5 Å². The fourth-order valence-corrected chi connectivity index (χ4v) is 2.88. The lowest BCUT2D eigenvalue weighted by atomic mass is 9.55. The Morgan fingerprint density at radius 1 is 1.13 bits per heavy atom. The fourth-order valence-electron chi connectivity index (χ4n) is 2.88. The Balaban J connectivity index is 1.86. The predicted molar refractivity (Wildman–Crippen MR) is 53.7 cm³/mol. The van der Waals surface area contributed by atoms with Gasteiger partial charge in [-0.2, -0.15) is 0 Å². The third kappa shape index (κ3) is 1.22. The third-order valence-electron chi connectivity index (χ3n) is 3.67. The van der Waals surface area contributed by atoms with Gasteiger partial charge in [0.2, 0.25) is 0 Å². The van der Waals surface area contributed by atoms with Crippen LogP contribution in [0.1, 0.15) is 18.4 Å². The molecule has 2 aliphatic rings. The Kier molecular flexibility index (Phi) is 1.72. The molecule has 0 amide bonds. The van der Waals surface area contributed by atoms with Gasteiger partial charge in [-0.05, 0) is 18.9 Å². The van der Waals surface area contributed by atoms with Gasteiger partial charge in [0.05, 0.1) is 0 Å². The molecular weight excluding hydrogens is 196 g/mol. The van der Waals surface area contributed by atoms with Gasteiger partial charge in [-0.3, -0.25) is 0 Å². The van der Waals surface area contributed by atoms with Gasteiger partial charge < -0.3 is 5.32 Å². The van der Waals surface area contributed by atoms with Crippen LogP contribution in [0, 0.1) is 11.2 Å². The lowest BCUT2D eigenvalue weighted by Crippen LogP contribution is -2.64. The van der Waals surface area contributed by atoms with Crippen LogP contribution < -0.4 is 5.32 Å². The zero-order valence-electron chi connectivity index (χ0n) is 8.39. The van der Waals surface area contributed by atoms with Gasteiger partial charge >= 0.3 is 0 Å². The van der Waals surface area contributed by atoms with Crippen molar-refractivity contribution < 1.29 is 8.78 Å². The average molecular weight is 209 g/mol. The summed E-state index contributed by atoms with van der Waals surface area (Å²) in [6, 6.07) is 6.19. The summed E-state index contributed by atoms with van der Waals surface area (Å²) in [7, 11) is 0. The van der Waals surface area contributed by atoms with Gasteiger partial charge in [0, 0.05) is 24.1 Å². The SMILES string of the molecule is Fc1ccccc1C1(F)CC2(CNC2)C1. The molecule has 0 bridgehead atoms. The standard InChI is InChI=1S/C12H13F2N/c13-10-4-2-1-3-9(10)12(14)5-11(6-12)7-15-8-11/h1-4,15H,5-8H2. The van der Waals surface area contributed by atoms with E-state index in [1.807, 2.05) is 0 Å². The minimum absolute atomic E-state index is 0.122. The van der Waals surface area contributed by atoms with E-state index in [4.69, 9.17) is 0 Å². The van der Waals surface area contributed by atoms with Crippen LogP contribution in [0.4, 0.5) is 8.78 Å². The minimum atomic E-state index is -1.42. The molecule has 80 valence electrons. The van der Waals surface area contributed by atoms with Crippen LogP contribution in [0.2, 0.25) is 0 Å². The molecule has 3 heteroatoms. The van der Waals surface area contributed by atoms with Crippen molar-refractivity contribution in [2.75, 3.05) is 13.1 Å². The van der Waals surface area contributed by atoms with E-state index in [1.54, 1.807) is 18.2 Å². The summed E-state index contributed by atoms with van der Waals surface area (Å²) in [6.07, 6.45) is 0.932. The number of alkyl halides is 1. The highest BCUT2D eigenvalue weighted by atomic mass is 19.1. The van der Waals surface area contributed by atoms with Crippen molar-refractivity contribution in [2.45, 2.75) is 18.5 Å². The van der Waals surface area contributed by atoms with Crippen molar-refractivity contribution in [3.63, 3.8) is 0 Å². The van der Waals surface area contributed by atoms with E-state index in [0.29, 0.717) is 12.8 Å². The molecule has 1 saturated carbocycles. The lowest BCUT2D eigenvalue weighted by Gasteiger charge is -2.57. The van der Waals surface area contributed by atoms with Gasteiger partial charge in [-0.15, -0.1) is 0 Å². The summed E-state index contributed by atoms with van der Waals surface area (Å²) in [6.45, 7) is 1.76. The van der Waals surface area contributed by atoms with E-state index >= 15 is 0 Å². The van der Waals surface area contributed by atoms with E-state index in [0.717, 1.165) is 13.1 Å². The second-order valence-electron chi connectivity index (χ2n) is 4.90. The Bertz CT molecular complexity index is 390. The van der Waals surface area contributed by atoms with Gasteiger partial charge in [-0.1, -0.05) is 18.2 Å². The summed E-state index contributed by atoms with van der Waals surface area (Å²) < 4.78 is 27.8. The first-order valence-corrected chi connectivity index (χ1v) is 5.28. The van der Waals surface area contributed by atoms with Crippen LogP contribution in [0.3, 0.4) is 0 Å². The summed E-state index contributed by atoms with van der Waals surface area (Å²) in [5.74, 6) is -0.415. The minimum Gasteiger partial charge on any atom is -0.316 e. The van der Waals surface area contributed by atoms with E-state index < -0.39 is 11.5 Å². The van der Waals surface area contributed by atoms with Crippen LogP contribution >= 0.6 is 0 Å². The Labute approximate surface area is 87.5 Å². The molecule has 1 aliphatic heterocycles. The summed E-state index contributed by atoms with van der Waals surface area (Å²) in [5, 5.41) is 3.15. The van der Waals surface area contributed by atoms with Crippen molar-refractivity contribution in [1.82, 2.24) is 5.32 Å². The number of nitrogens with one attached hydrogen (secondary N) is 1. The molecule has 1 N–H and O–H groups in total. The first-order valence-electron chi connectivity index (χ1n) is 5.28. The fraction of sp³-hybridized carbons (Fsp3) is 0.500. The van der Waals surface area contributed by atoms with Gasteiger partial charge in [-0.25, -0.2) is 8.78 Å². The highest BCUT2D eigenvalue weighted by Gasteiger charge is 2.59. The summed E-state index contributed by atoms with van der Waals surface area (Å²) >= 11 is 0. The van der Waals surface area contributed by atoms with Crippen molar-refractivity contribution in [3.8, 4) is 0 Å². The van der Waals surface area contributed by atoms with Crippen molar-refractivity contribution in [1.29, 1.82) is 0 Å². The van der Waals surface area contributed by atoms with Gasteiger partial charge in [0.15, 0.2) is 0 Å². The van der Waals surface area contributed by atoms with Crippen LogP contribution in [0.25, 0.3) is 0 Å². The predicted octanol–water partition coefficient (Wildman–Crippen LogP) is 2.37. The van der Waals surface area contributed by atoms with E-state index in [1.165, 1.54) is 6.07 Å². The van der Waals surface area contributed by atoms with Crippen molar-refractivity contribution >= 4 is 0 Å². The largest absolute Gasteiger partial charge is 0.316 e. The molecule has 1 aromatic carbocycles. The molecule has 1 aromatic rings. The Morgan fingerprint density at radius 3 is 2.33 bits per heavy atom. The molecule has 1 spiro atoms. The van der Waals surface area contributed by atoms with E-state index in [-0.39, 0.29) is 11.0 Å². The van der Waals surface area contributed by atoms with Crippen LogP contribution in [-0.2, 0) is 5.67 Å². The molecule has 0 unspecified atom stereocenters. The molecule has 1 aliphatic carbocycles. The number of hydrogen-bond donors (Lipinski definition) is 1. The smallest absolute Gasteiger partial charge is 0.140 e. The third-order valence-corrected chi connectivity index (χ3v) is 3.67. The van der Waals surface area contributed by atoms with Crippen molar-refractivity contribution in [3.05, 3.63) is 35.6 Å². The molecule has 2 fully saturated rings. The molecule has 1 saturated heterocycles. The van der Waals surface area contributed by atoms with Crippen LogP contribution in [0.5, 0.6) is 0 Å². The summed E-state index contributed by atoms with van der Waals surface area (Å²) in [5.41, 5.74) is -1.06. The number of halogens is 2. The Hall–Kier alpha value is -0.960. The van der Waals surface area contributed by atoms with Crippen molar-refractivity contribution in [2.24, 2.45) is 5.41 Å².